The maximum absolute atomic E-state index is 12.3. The van der Waals surface area contributed by atoms with Crippen molar-refractivity contribution in [2.24, 2.45) is 0 Å². The van der Waals surface area contributed by atoms with E-state index in [2.05, 4.69) is 21.2 Å². The Morgan fingerprint density at radius 3 is 2.22 bits per heavy atom. The van der Waals surface area contributed by atoms with E-state index in [-0.39, 0.29) is 11.5 Å². The average molecular weight is 374 g/mol. The second kappa shape index (κ2) is 7.74. The van der Waals surface area contributed by atoms with Gasteiger partial charge in [-0.25, -0.2) is 4.79 Å². The van der Waals surface area contributed by atoms with Gasteiger partial charge in [0, 0.05) is 21.8 Å². The Morgan fingerprint density at radius 2 is 1.65 bits per heavy atom. The molecule has 118 valence electrons. The molecule has 0 atom stereocenters. The van der Waals surface area contributed by atoms with Crippen molar-refractivity contribution < 1.29 is 14.3 Å². The van der Waals surface area contributed by atoms with Crippen LogP contribution < -0.4 is 5.32 Å². The van der Waals surface area contributed by atoms with Crippen LogP contribution in [-0.2, 0) is 9.53 Å². The number of hydrogen-bond donors (Lipinski definition) is 1. The fourth-order valence-electron chi connectivity index (χ4n) is 1.88. The number of esters is 1. The van der Waals surface area contributed by atoms with Crippen molar-refractivity contribution in [2.75, 3.05) is 12.4 Å². The quantitative estimate of drug-likeness (QED) is 0.486. The SMILES string of the molecule is COC(=O)/C(=C\C(=O)c1ccc(C)cc1)Nc1ccc(Br)cc1. The highest BCUT2D eigenvalue weighted by molar-refractivity contribution is 9.10. The minimum absolute atomic E-state index is 0.0837. The predicted molar refractivity (Wildman–Crippen MR) is 93.4 cm³/mol. The van der Waals surface area contributed by atoms with Crippen molar-refractivity contribution in [3.8, 4) is 0 Å². The molecule has 5 heteroatoms. The van der Waals surface area contributed by atoms with E-state index < -0.39 is 5.97 Å². The molecule has 0 aliphatic carbocycles. The Kier molecular flexibility index (Phi) is 5.71. The number of allylic oxidation sites excluding steroid dienone is 1. The van der Waals surface area contributed by atoms with E-state index in [1.54, 1.807) is 24.3 Å². The number of benzene rings is 2. The van der Waals surface area contributed by atoms with Gasteiger partial charge >= 0.3 is 5.97 Å². The molecular formula is C18H16BrNO3. The third-order valence-electron chi connectivity index (χ3n) is 3.14. The van der Waals surface area contributed by atoms with Crippen molar-refractivity contribution in [3.63, 3.8) is 0 Å². The molecule has 0 aliphatic heterocycles. The van der Waals surface area contributed by atoms with E-state index >= 15 is 0 Å². The summed E-state index contributed by atoms with van der Waals surface area (Å²) < 4.78 is 5.65. The van der Waals surface area contributed by atoms with Crippen LogP contribution in [0.25, 0.3) is 0 Å². The first-order chi connectivity index (χ1) is 11.0. The molecule has 0 spiro atoms. The Balaban J connectivity index is 2.26. The molecule has 2 aromatic carbocycles. The first kappa shape index (κ1) is 17.0. The Morgan fingerprint density at radius 1 is 1.04 bits per heavy atom. The summed E-state index contributed by atoms with van der Waals surface area (Å²) in [5, 5.41) is 2.91. The molecule has 0 saturated heterocycles. The van der Waals surface area contributed by atoms with E-state index in [1.807, 2.05) is 31.2 Å². The summed E-state index contributed by atoms with van der Waals surface area (Å²) in [4.78, 5) is 24.2. The zero-order valence-electron chi connectivity index (χ0n) is 12.8. The van der Waals surface area contributed by atoms with Gasteiger partial charge in [0.1, 0.15) is 5.70 Å². The van der Waals surface area contributed by atoms with Gasteiger partial charge in [0.15, 0.2) is 5.78 Å². The van der Waals surface area contributed by atoms with Crippen LogP contribution in [0.3, 0.4) is 0 Å². The van der Waals surface area contributed by atoms with E-state index in [0.717, 1.165) is 10.0 Å². The molecular weight excluding hydrogens is 358 g/mol. The van der Waals surface area contributed by atoms with Crippen LogP contribution in [0, 0.1) is 6.92 Å². The number of halogens is 1. The summed E-state index contributed by atoms with van der Waals surface area (Å²) >= 11 is 3.34. The van der Waals surface area contributed by atoms with Crippen molar-refractivity contribution in [1.29, 1.82) is 0 Å². The fraction of sp³-hybridized carbons (Fsp3) is 0.111. The molecule has 2 rings (SSSR count). The molecule has 23 heavy (non-hydrogen) atoms. The van der Waals surface area contributed by atoms with Crippen LogP contribution in [0.2, 0.25) is 0 Å². The lowest BCUT2D eigenvalue weighted by Gasteiger charge is -2.09. The second-order valence-electron chi connectivity index (χ2n) is 4.91. The van der Waals surface area contributed by atoms with Gasteiger partial charge < -0.3 is 10.1 Å². The Labute approximate surface area is 143 Å². The maximum Gasteiger partial charge on any atom is 0.354 e. The van der Waals surface area contributed by atoms with Gasteiger partial charge in [-0.1, -0.05) is 45.8 Å². The fourth-order valence-corrected chi connectivity index (χ4v) is 2.14. The van der Waals surface area contributed by atoms with Gasteiger partial charge in [-0.15, -0.1) is 0 Å². The summed E-state index contributed by atoms with van der Waals surface area (Å²) in [5.74, 6) is -0.872. The molecule has 0 heterocycles. The largest absolute Gasteiger partial charge is 0.464 e. The van der Waals surface area contributed by atoms with Crippen LogP contribution >= 0.6 is 15.9 Å². The monoisotopic (exact) mass is 373 g/mol. The number of carbonyl (C=O) groups excluding carboxylic acids is 2. The highest BCUT2D eigenvalue weighted by Gasteiger charge is 2.13. The number of ether oxygens (including phenoxy) is 1. The molecule has 0 amide bonds. The van der Waals surface area contributed by atoms with Crippen molar-refractivity contribution in [2.45, 2.75) is 6.92 Å². The molecule has 0 radical (unpaired) electrons. The van der Waals surface area contributed by atoms with Crippen LogP contribution in [0.4, 0.5) is 5.69 Å². The standard InChI is InChI=1S/C18H16BrNO3/c1-12-3-5-13(6-4-12)17(21)11-16(18(22)23-2)20-15-9-7-14(19)8-10-15/h3-11,20H,1-2H3/b16-11+. The molecule has 0 fully saturated rings. The number of ketones is 1. The summed E-state index contributed by atoms with van der Waals surface area (Å²) in [6, 6.07) is 14.4. The number of rotatable bonds is 5. The average Bonchev–Trinajstić information content (AvgIpc) is 2.56. The van der Waals surface area contributed by atoms with Gasteiger partial charge in [-0.3, -0.25) is 4.79 Å². The summed E-state index contributed by atoms with van der Waals surface area (Å²) in [6.45, 7) is 1.94. The Bertz CT molecular complexity index is 734. The van der Waals surface area contributed by atoms with E-state index in [9.17, 15) is 9.59 Å². The lowest BCUT2D eigenvalue weighted by atomic mass is 10.1. The van der Waals surface area contributed by atoms with E-state index in [4.69, 9.17) is 4.74 Å². The molecule has 0 aromatic heterocycles. The molecule has 2 aromatic rings. The number of nitrogens with one attached hydrogen (secondary N) is 1. The number of aryl methyl sites for hydroxylation is 1. The lowest BCUT2D eigenvalue weighted by Crippen LogP contribution is -2.15. The molecule has 0 aliphatic rings. The summed E-state index contributed by atoms with van der Waals surface area (Å²) in [5.41, 5.74) is 2.34. The zero-order chi connectivity index (χ0) is 16.8. The topological polar surface area (TPSA) is 55.4 Å². The van der Waals surface area contributed by atoms with Gasteiger partial charge in [0.05, 0.1) is 7.11 Å². The van der Waals surface area contributed by atoms with Crippen LogP contribution in [-0.4, -0.2) is 18.9 Å². The first-order valence-corrected chi connectivity index (χ1v) is 7.72. The second-order valence-corrected chi connectivity index (χ2v) is 5.83. The van der Waals surface area contributed by atoms with Gasteiger partial charge in [0.25, 0.3) is 0 Å². The van der Waals surface area contributed by atoms with E-state index in [0.29, 0.717) is 11.3 Å². The molecule has 0 unspecified atom stereocenters. The van der Waals surface area contributed by atoms with E-state index in [1.165, 1.54) is 13.2 Å². The zero-order valence-corrected chi connectivity index (χ0v) is 14.4. The van der Waals surface area contributed by atoms with Crippen molar-refractivity contribution in [1.82, 2.24) is 0 Å². The summed E-state index contributed by atoms with van der Waals surface area (Å²) in [6.07, 6.45) is 1.25. The number of hydrogen-bond acceptors (Lipinski definition) is 4. The number of methoxy groups -OCH3 is 1. The predicted octanol–water partition coefficient (Wildman–Crippen LogP) is 4.11. The minimum Gasteiger partial charge on any atom is -0.464 e. The third-order valence-corrected chi connectivity index (χ3v) is 3.67. The normalized spacial score (nSPS) is 11.0. The van der Waals surface area contributed by atoms with Crippen molar-refractivity contribution in [3.05, 3.63) is 75.9 Å². The summed E-state index contributed by atoms with van der Waals surface area (Å²) in [7, 11) is 1.27. The van der Waals surface area contributed by atoms with Gasteiger partial charge in [-0.05, 0) is 31.2 Å². The lowest BCUT2D eigenvalue weighted by molar-refractivity contribution is -0.135. The molecule has 0 saturated carbocycles. The van der Waals surface area contributed by atoms with Gasteiger partial charge in [0.2, 0.25) is 0 Å². The molecule has 0 bridgehead atoms. The molecule has 1 N–H and O–H groups in total. The highest BCUT2D eigenvalue weighted by atomic mass is 79.9. The third kappa shape index (κ3) is 4.79. The number of carbonyl (C=O) groups is 2. The number of anilines is 1. The minimum atomic E-state index is -0.603. The Hall–Kier alpha value is -2.40. The maximum atomic E-state index is 12.3. The van der Waals surface area contributed by atoms with Crippen molar-refractivity contribution >= 4 is 33.4 Å². The van der Waals surface area contributed by atoms with Gasteiger partial charge in [-0.2, -0.15) is 0 Å². The van der Waals surface area contributed by atoms with Crippen LogP contribution in [0.1, 0.15) is 15.9 Å². The highest BCUT2D eigenvalue weighted by Crippen LogP contribution is 2.17. The first-order valence-electron chi connectivity index (χ1n) is 6.93. The molecule has 4 nitrogen and oxygen atoms in total. The van der Waals surface area contributed by atoms with Crippen LogP contribution in [0.15, 0.2) is 64.8 Å². The van der Waals surface area contributed by atoms with Crippen LogP contribution in [0.5, 0.6) is 0 Å². The smallest absolute Gasteiger partial charge is 0.354 e.